The smallest absolute Gasteiger partial charge is 0.253 e. The summed E-state index contributed by atoms with van der Waals surface area (Å²) in [4.78, 5) is 32.5. The van der Waals surface area contributed by atoms with Gasteiger partial charge in [-0.3, -0.25) is 14.2 Å². The van der Waals surface area contributed by atoms with Gasteiger partial charge in [0.25, 0.3) is 5.56 Å². The molecule has 4 rings (SSSR count). The van der Waals surface area contributed by atoms with E-state index in [9.17, 15) is 19.1 Å². The van der Waals surface area contributed by atoms with Gasteiger partial charge in [0, 0.05) is 36.1 Å². The lowest BCUT2D eigenvalue weighted by Gasteiger charge is -2.51. The molecule has 0 spiro atoms. The number of carbonyl (C=O) groups excluding carboxylic acids is 1. The van der Waals surface area contributed by atoms with Gasteiger partial charge in [-0.25, -0.2) is 9.37 Å². The van der Waals surface area contributed by atoms with E-state index in [4.69, 9.17) is 0 Å². The Morgan fingerprint density at radius 1 is 1.22 bits per heavy atom. The zero-order chi connectivity index (χ0) is 25.9. The molecule has 2 atom stereocenters. The second-order valence-electron chi connectivity index (χ2n) is 11.5. The van der Waals surface area contributed by atoms with Crippen molar-refractivity contribution in [3.05, 3.63) is 52.8 Å². The highest BCUT2D eigenvalue weighted by molar-refractivity contribution is 5.79. The number of hydrogen-bond donors (Lipinski definition) is 1. The van der Waals surface area contributed by atoms with Crippen molar-refractivity contribution >= 4 is 5.91 Å². The van der Waals surface area contributed by atoms with Crippen molar-refractivity contribution in [2.24, 2.45) is 17.3 Å². The second-order valence-corrected chi connectivity index (χ2v) is 11.5. The molecule has 2 heterocycles. The Morgan fingerprint density at radius 2 is 1.94 bits per heavy atom. The third-order valence-electron chi connectivity index (χ3n) is 8.60. The normalized spacial score (nSPS) is 23.4. The van der Waals surface area contributed by atoms with E-state index in [-0.39, 0.29) is 35.2 Å². The molecule has 6 nitrogen and oxygen atoms in total. The number of amides is 1. The van der Waals surface area contributed by atoms with Crippen molar-refractivity contribution < 1.29 is 14.3 Å². The van der Waals surface area contributed by atoms with Crippen molar-refractivity contribution in [3.8, 4) is 11.3 Å². The molecule has 0 radical (unpaired) electrons. The van der Waals surface area contributed by atoms with Crippen LogP contribution in [0, 0.1) is 23.1 Å². The van der Waals surface area contributed by atoms with Gasteiger partial charge in [-0.05, 0) is 37.3 Å². The minimum absolute atomic E-state index is 0.0350. The first kappa shape index (κ1) is 26.5. The molecular weight excluding hydrogens is 457 g/mol. The highest BCUT2D eigenvalue weighted by Crippen LogP contribution is 2.41. The van der Waals surface area contributed by atoms with Crippen molar-refractivity contribution in [1.82, 2.24) is 14.5 Å². The minimum atomic E-state index is -1.18. The highest BCUT2D eigenvalue weighted by atomic mass is 19.1. The predicted octanol–water partition coefficient (Wildman–Crippen LogP) is 5.04. The summed E-state index contributed by atoms with van der Waals surface area (Å²) in [6, 6.07) is 7.52. The molecule has 1 aliphatic carbocycles. The van der Waals surface area contributed by atoms with Crippen LogP contribution in [0.1, 0.15) is 72.1 Å². The summed E-state index contributed by atoms with van der Waals surface area (Å²) in [5.74, 6) is 0.445. The van der Waals surface area contributed by atoms with Crippen LogP contribution in [0.25, 0.3) is 11.3 Å². The second kappa shape index (κ2) is 10.8. The van der Waals surface area contributed by atoms with E-state index in [0.717, 1.165) is 12.8 Å². The standard InChI is InChI=1S/C29H40FN3O3/c1-4-22(16-21-10-6-5-7-11-21)27(35)32-15-14-29(36,28(2,3)18-32)19-33-20-31-25(17-26(33)34)23-12-8-9-13-24(23)30/h8-9,12-13,17,20-22,36H,4-7,10-11,14-16,18-19H2,1-3H3. The number of benzene rings is 1. The Bertz CT molecular complexity index is 1120. The maximum Gasteiger partial charge on any atom is 0.253 e. The van der Waals surface area contributed by atoms with Crippen LogP contribution >= 0.6 is 0 Å². The first-order valence-corrected chi connectivity index (χ1v) is 13.5. The monoisotopic (exact) mass is 497 g/mol. The fourth-order valence-corrected chi connectivity index (χ4v) is 6.01. The summed E-state index contributed by atoms with van der Waals surface area (Å²) < 4.78 is 15.5. The number of hydrogen-bond acceptors (Lipinski definition) is 4. The largest absolute Gasteiger partial charge is 0.387 e. The molecule has 2 aliphatic rings. The average Bonchev–Trinajstić information content (AvgIpc) is 2.86. The third-order valence-corrected chi connectivity index (χ3v) is 8.60. The summed E-state index contributed by atoms with van der Waals surface area (Å²) in [5, 5.41) is 11.7. The number of likely N-dealkylation sites (tertiary alicyclic amines) is 1. The van der Waals surface area contributed by atoms with Crippen molar-refractivity contribution in [2.75, 3.05) is 13.1 Å². The lowest BCUT2D eigenvalue weighted by atomic mass is 9.69. The van der Waals surface area contributed by atoms with Crippen molar-refractivity contribution in [3.63, 3.8) is 0 Å². The Hall–Kier alpha value is -2.54. The van der Waals surface area contributed by atoms with Crippen LogP contribution in [-0.4, -0.2) is 44.2 Å². The lowest BCUT2D eigenvalue weighted by Crippen LogP contribution is -2.61. The summed E-state index contributed by atoms with van der Waals surface area (Å²) in [6.45, 7) is 7.00. The molecule has 1 N–H and O–H groups in total. The number of halogens is 1. The van der Waals surface area contributed by atoms with E-state index >= 15 is 0 Å². The summed E-state index contributed by atoms with van der Waals surface area (Å²) in [7, 11) is 0. The number of aromatic nitrogens is 2. The van der Waals surface area contributed by atoms with E-state index in [2.05, 4.69) is 11.9 Å². The summed E-state index contributed by atoms with van der Waals surface area (Å²) in [5.41, 5.74) is -1.60. The van der Waals surface area contributed by atoms with Gasteiger partial charge in [0.05, 0.1) is 24.2 Å². The molecule has 1 saturated heterocycles. The number of rotatable bonds is 7. The Kier molecular flexibility index (Phi) is 7.98. The average molecular weight is 498 g/mol. The van der Waals surface area contributed by atoms with E-state index in [1.165, 1.54) is 55.1 Å². The fraction of sp³-hybridized carbons (Fsp3) is 0.621. The molecule has 7 heteroatoms. The minimum Gasteiger partial charge on any atom is -0.387 e. The van der Waals surface area contributed by atoms with E-state index in [1.54, 1.807) is 18.2 Å². The quantitative estimate of drug-likeness (QED) is 0.582. The van der Waals surface area contributed by atoms with Gasteiger partial charge >= 0.3 is 0 Å². The predicted molar refractivity (Wildman–Crippen MR) is 139 cm³/mol. The zero-order valence-electron chi connectivity index (χ0n) is 21.9. The van der Waals surface area contributed by atoms with E-state index in [0.29, 0.717) is 25.4 Å². The molecule has 1 aliphatic heterocycles. The molecule has 2 fully saturated rings. The lowest BCUT2D eigenvalue weighted by molar-refractivity contribution is -0.158. The van der Waals surface area contributed by atoms with Crippen molar-refractivity contribution in [1.29, 1.82) is 0 Å². The van der Waals surface area contributed by atoms with Gasteiger partial charge in [0.15, 0.2) is 0 Å². The number of aliphatic hydroxyl groups is 1. The van der Waals surface area contributed by atoms with Crippen LogP contribution in [0.2, 0.25) is 0 Å². The van der Waals surface area contributed by atoms with Gasteiger partial charge in [0.2, 0.25) is 5.91 Å². The molecule has 2 unspecified atom stereocenters. The van der Waals surface area contributed by atoms with Gasteiger partial charge < -0.3 is 10.0 Å². The Morgan fingerprint density at radius 3 is 2.58 bits per heavy atom. The number of nitrogens with zero attached hydrogens (tertiary/aromatic N) is 3. The van der Waals surface area contributed by atoms with Crippen molar-refractivity contribution in [2.45, 2.75) is 84.3 Å². The molecular formula is C29H40FN3O3. The van der Waals surface area contributed by atoms with E-state index < -0.39 is 16.8 Å². The number of carbonyl (C=O) groups is 1. The molecule has 196 valence electrons. The zero-order valence-corrected chi connectivity index (χ0v) is 21.9. The van der Waals surface area contributed by atoms with Gasteiger partial charge in [-0.2, -0.15) is 0 Å². The fourth-order valence-electron chi connectivity index (χ4n) is 6.01. The maximum atomic E-state index is 14.1. The SMILES string of the molecule is CCC(CC1CCCCC1)C(=O)N1CCC(O)(Cn2cnc(-c3ccccc3F)cc2=O)C(C)(C)C1. The molecule has 1 aromatic carbocycles. The van der Waals surface area contributed by atoms with Crippen LogP contribution in [0.3, 0.4) is 0 Å². The van der Waals surface area contributed by atoms with Gasteiger partial charge in [0.1, 0.15) is 5.82 Å². The van der Waals surface area contributed by atoms with Gasteiger partial charge in [-0.1, -0.05) is 65.0 Å². The van der Waals surface area contributed by atoms with Crippen LogP contribution in [0.5, 0.6) is 0 Å². The molecule has 1 aromatic heterocycles. The maximum absolute atomic E-state index is 14.1. The Labute approximate surface area is 213 Å². The molecule has 0 bridgehead atoms. The van der Waals surface area contributed by atoms with Crippen LogP contribution in [0.15, 0.2) is 41.5 Å². The van der Waals surface area contributed by atoms with Crippen LogP contribution in [-0.2, 0) is 11.3 Å². The molecule has 2 aromatic rings. The van der Waals surface area contributed by atoms with Crippen LogP contribution in [0.4, 0.5) is 4.39 Å². The topological polar surface area (TPSA) is 75.4 Å². The molecule has 36 heavy (non-hydrogen) atoms. The Balaban J connectivity index is 1.45. The molecule has 1 saturated carbocycles. The third kappa shape index (κ3) is 5.56. The first-order valence-electron chi connectivity index (χ1n) is 13.5. The van der Waals surface area contributed by atoms with Gasteiger partial charge in [-0.15, -0.1) is 0 Å². The number of piperidine rings is 1. The van der Waals surface area contributed by atoms with Crippen LogP contribution < -0.4 is 5.56 Å². The summed E-state index contributed by atoms with van der Waals surface area (Å²) in [6.07, 6.45) is 9.88. The summed E-state index contributed by atoms with van der Waals surface area (Å²) >= 11 is 0. The highest BCUT2D eigenvalue weighted by Gasteiger charge is 2.49. The first-order chi connectivity index (χ1) is 17.1. The molecule has 1 amide bonds. The van der Waals surface area contributed by atoms with E-state index in [1.807, 2.05) is 18.7 Å².